The highest BCUT2D eigenvalue weighted by Gasteiger charge is 2.22. The molecule has 0 unspecified atom stereocenters. The third-order valence-corrected chi connectivity index (χ3v) is 7.73. The van der Waals surface area contributed by atoms with E-state index in [1.807, 2.05) is 0 Å². The maximum absolute atomic E-state index is 6.04. The van der Waals surface area contributed by atoms with Crippen molar-refractivity contribution in [2.75, 3.05) is 6.61 Å². The molecule has 0 aliphatic heterocycles. The molecule has 158 valence electrons. The zero-order valence-electron chi connectivity index (χ0n) is 18.6. The maximum atomic E-state index is 6.04. The summed E-state index contributed by atoms with van der Waals surface area (Å²) in [7, 11) is 0. The molecule has 1 aromatic rings. The van der Waals surface area contributed by atoms with Gasteiger partial charge in [0.15, 0.2) is 0 Å². The van der Waals surface area contributed by atoms with Crippen LogP contribution in [0.15, 0.2) is 24.3 Å². The first kappa shape index (κ1) is 21.7. The van der Waals surface area contributed by atoms with E-state index in [2.05, 4.69) is 38.1 Å². The van der Waals surface area contributed by atoms with Crippen LogP contribution in [0.5, 0.6) is 5.75 Å². The van der Waals surface area contributed by atoms with Crippen LogP contribution < -0.4 is 4.74 Å². The molecule has 0 bridgehead atoms. The Labute approximate surface area is 174 Å². The quantitative estimate of drug-likeness (QED) is 0.367. The van der Waals surface area contributed by atoms with Crippen LogP contribution in [0, 0.1) is 17.8 Å². The van der Waals surface area contributed by atoms with Crippen LogP contribution in [0.2, 0.25) is 0 Å². The van der Waals surface area contributed by atoms with Crippen LogP contribution in [-0.4, -0.2) is 6.61 Å². The second-order valence-corrected chi connectivity index (χ2v) is 9.71. The van der Waals surface area contributed by atoms with Gasteiger partial charge < -0.3 is 4.74 Å². The standard InChI is InChI=1S/C27H44O/c1-3-5-7-23-13-15-25(16-14-23)26-17-19-27(20-18-26)28-21-6-8-24-11-9-22(4-2)10-12-24/h17-20,22-25H,3-16,21H2,1-2H3. The molecule has 28 heavy (non-hydrogen) atoms. The first-order valence-corrected chi connectivity index (χ1v) is 12.5. The van der Waals surface area contributed by atoms with Crippen molar-refractivity contribution in [2.45, 2.75) is 110 Å². The SMILES string of the molecule is CCCCC1CCC(c2ccc(OCCCC3CCC(CC)CC3)cc2)CC1. The van der Waals surface area contributed by atoms with Gasteiger partial charge in [0.1, 0.15) is 5.75 Å². The molecule has 1 heteroatoms. The van der Waals surface area contributed by atoms with Crippen molar-refractivity contribution in [1.29, 1.82) is 0 Å². The van der Waals surface area contributed by atoms with Gasteiger partial charge in [-0.25, -0.2) is 0 Å². The number of hydrogen-bond donors (Lipinski definition) is 0. The molecule has 0 heterocycles. The maximum Gasteiger partial charge on any atom is 0.119 e. The van der Waals surface area contributed by atoms with Gasteiger partial charge in [-0.15, -0.1) is 0 Å². The van der Waals surface area contributed by atoms with Crippen LogP contribution in [0.3, 0.4) is 0 Å². The van der Waals surface area contributed by atoms with E-state index in [4.69, 9.17) is 4.74 Å². The lowest BCUT2D eigenvalue weighted by Gasteiger charge is -2.29. The zero-order valence-corrected chi connectivity index (χ0v) is 18.6. The minimum atomic E-state index is 0.783. The van der Waals surface area contributed by atoms with Crippen LogP contribution in [0.1, 0.15) is 115 Å². The van der Waals surface area contributed by atoms with Crippen LogP contribution >= 0.6 is 0 Å². The Bertz CT molecular complexity index is 518. The summed E-state index contributed by atoms with van der Waals surface area (Å²) in [6.45, 7) is 5.55. The molecule has 0 radical (unpaired) electrons. The molecule has 2 aliphatic carbocycles. The van der Waals surface area contributed by atoms with Gasteiger partial charge in [0.25, 0.3) is 0 Å². The topological polar surface area (TPSA) is 9.23 Å². The van der Waals surface area contributed by atoms with Crippen molar-refractivity contribution in [3.05, 3.63) is 29.8 Å². The minimum Gasteiger partial charge on any atom is -0.494 e. The predicted octanol–water partition coefficient (Wildman–Crippen LogP) is 8.53. The molecule has 0 N–H and O–H groups in total. The molecule has 0 atom stereocenters. The second kappa shape index (κ2) is 11.9. The molecule has 2 saturated carbocycles. The Morgan fingerprint density at radius 1 is 0.714 bits per heavy atom. The van der Waals surface area contributed by atoms with E-state index >= 15 is 0 Å². The highest BCUT2D eigenvalue weighted by molar-refractivity contribution is 5.29. The average molecular weight is 385 g/mol. The molecule has 3 rings (SSSR count). The van der Waals surface area contributed by atoms with Gasteiger partial charge in [-0.1, -0.05) is 77.3 Å². The molecular formula is C27H44O. The van der Waals surface area contributed by atoms with E-state index in [9.17, 15) is 0 Å². The van der Waals surface area contributed by atoms with E-state index in [0.29, 0.717) is 0 Å². The number of ether oxygens (including phenoxy) is 1. The Morgan fingerprint density at radius 3 is 1.89 bits per heavy atom. The molecule has 0 aromatic heterocycles. The summed E-state index contributed by atoms with van der Waals surface area (Å²) < 4.78 is 6.04. The molecule has 1 nitrogen and oxygen atoms in total. The lowest BCUT2D eigenvalue weighted by atomic mass is 9.77. The summed E-state index contributed by atoms with van der Waals surface area (Å²) in [6, 6.07) is 9.09. The van der Waals surface area contributed by atoms with E-state index in [1.165, 1.54) is 95.5 Å². The van der Waals surface area contributed by atoms with Crippen molar-refractivity contribution in [3.63, 3.8) is 0 Å². The van der Waals surface area contributed by atoms with Crippen molar-refractivity contribution in [1.82, 2.24) is 0 Å². The lowest BCUT2D eigenvalue weighted by Crippen LogP contribution is -2.14. The summed E-state index contributed by atoms with van der Waals surface area (Å²) in [6.07, 6.45) is 19.6. The summed E-state index contributed by atoms with van der Waals surface area (Å²) in [5.41, 5.74) is 1.54. The van der Waals surface area contributed by atoms with E-state index < -0.39 is 0 Å². The summed E-state index contributed by atoms with van der Waals surface area (Å²) in [4.78, 5) is 0. The van der Waals surface area contributed by atoms with Crippen molar-refractivity contribution in [3.8, 4) is 5.75 Å². The first-order chi connectivity index (χ1) is 13.8. The fourth-order valence-corrected chi connectivity index (χ4v) is 5.60. The Hall–Kier alpha value is -0.980. The largest absolute Gasteiger partial charge is 0.494 e. The van der Waals surface area contributed by atoms with Crippen molar-refractivity contribution < 1.29 is 4.74 Å². The minimum absolute atomic E-state index is 0.783. The lowest BCUT2D eigenvalue weighted by molar-refractivity contribution is 0.234. The predicted molar refractivity (Wildman–Crippen MR) is 121 cm³/mol. The number of benzene rings is 1. The summed E-state index contributed by atoms with van der Waals surface area (Å²) in [5.74, 6) is 4.81. The van der Waals surface area contributed by atoms with Gasteiger partial charge in [-0.3, -0.25) is 0 Å². The van der Waals surface area contributed by atoms with Crippen LogP contribution in [0.25, 0.3) is 0 Å². The fraction of sp³-hybridized carbons (Fsp3) is 0.778. The van der Waals surface area contributed by atoms with Gasteiger partial charge in [-0.2, -0.15) is 0 Å². The molecular weight excluding hydrogens is 340 g/mol. The van der Waals surface area contributed by atoms with Crippen molar-refractivity contribution >= 4 is 0 Å². The highest BCUT2D eigenvalue weighted by atomic mass is 16.5. The Kier molecular flexibility index (Phi) is 9.22. The molecule has 0 saturated heterocycles. The van der Waals surface area contributed by atoms with E-state index in [0.717, 1.165) is 36.0 Å². The highest BCUT2D eigenvalue weighted by Crippen LogP contribution is 2.38. The van der Waals surface area contributed by atoms with Crippen LogP contribution in [-0.2, 0) is 0 Å². The monoisotopic (exact) mass is 384 g/mol. The Balaban J connectivity index is 1.31. The summed E-state index contributed by atoms with van der Waals surface area (Å²) >= 11 is 0. The fourth-order valence-electron chi connectivity index (χ4n) is 5.60. The molecule has 0 amide bonds. The zero-order chi connectivity index (χ0) is 19.6. The van der Waals surface area contributed by atoms with Gasteiger partial charge in [-0.05, 0) is 79.9 Å². The molecule has 1 aromatic carbocycles. The average Bonchev–Trinajstić information content (AvgIpc) is 2.76. The van der Waals surface area contributed by atoms with Crippen LogP contribution in [0.4, 0.5) is 0 Å². The number of rotatable bonds is 10. The van der Waals surface area contributed by atoms with Gasteiger partial charge in [0.2, 0.25) is 0 Å². The van der Waals surface area contributed by atoms with E-state index in [1.54, 1.807) is 0 Å². The smallest absolute Gasteiger partial charge is 0.119 e. The Morgan fingerprint density at radius 2 is 1.29 bits per heavy atom. The van der Waals surface area contributed by atoms with Gasteiger partial charge in [0, 0.05) is 0 Å². The third-order valence-electron chi connectivity index (χ3n) is 7.73. The number of unbranched alkanes of at least 4 members (excludes halogenated alkanes) is 1. The van der Waals surface area contributed by atoms with Crippen molar-refractivity contribution in [2.24, 2.45) is 17.8 Å². The summed E-state index contributed by atoms with van der Waals surface area (Å²) in [5, 5.41) is 0. The van der Waals surface area contributed by atoms with Gasteiger partial charge >= 0.3 is 0 Å². The number of hydrogen-bond acceptors (Lipinski definition) is 1. The normalized spacial score (nSPS) is 28.2. The van der Waals surface area contributed by atoms with E-state index in [-0.39, 0.29) is 0 Å². The molecule has 2 aliphatic rings. The molecule has 2 fully saturated rings. The first-order valence-electron chi connectivity index (χ1n) is 12.5. The van der Waals surface area contributed by atoms with Gasteiger partial charge in [0.05, 0.1) is 6.61 Å². The third kappa shape index (κ3) is 6.82. The second-order valence-electron chi connectivity index (χ2n) is 9.71. The molecule has 0 spiro atoms.